The van der Waals surface area contributed by atoms with Crippen molar-refractivity contribution >= 4 is 27.7 Å². The zero-order chi connectivity index (χ0) is 14.9. The standard InChI is InChI=1S/C14H17BrN2O3/c1-14(2)13(19)17(12(18)7-16-14)8-9-6-10(20-3)4-5-11(9)15/h4-6,16H,7-8H2,1-3H3. The topological polar surface area (TPSA) is 58.6 Å². The van der Waals surface area contributed by atoms with Gasteiger partial charge in [0.05, 0.1) is 25.7 Å². The van der Waals surface area contributed by atoms with Crippen molar-refractivity contribution < 1.29 is 14.3 Å². The lowest BCUT2D eigenvalue weighted by Gasteiger charge is -2.36. The Balaban J connectivity index is 2.28. The Kier molecular flexibility index (Phi) is 4.15. The highest BCUT2D eigenvalue weighted by molar-refractivity contribution is 9.10. The van der Waals surface area contributed by atoms with E-state index in [1.54, 1.807) is 21.0 Å². The Morgan fingerprint density at radius 1 is 1.40 bits per heavy atom. The average Bonchev–Trinajstić information content (AvgIpc) is 2.42. The Hall–Kier alpha value is -1.40. The Bertz CT molecular complexity index is 557. The molecule has 6 heteroatoms. The molecule has 0 saturated carbocycles. The first kappa shape index (κ1) is 15.0. The molecule has 1 aliphatic heterocycles. The van der Waals surface area contributed by atoms with Crippen molar-refractivity contribution in [3.63, 3.8) is 0 Å². The van der Waals surface area contributed by atoms with Crippen molar-refractivity contribution in [1.82, 2.24) is 10.2 Å². The van der Waals surface area contributed by atoms with Crippen LogP contribution in [0.5, 0.6) is 5.75 Å². The molecule has 1 fully saturated rings. The van der Waals surface area contributed by atoms with Gasteiger partial charge in [-0.2, -0.15) is 0 Å². The second kappa shape index (κ2) is 5.54. The van der Waals surface area contributed by atoms with Crippen LogP contribution in [-0.2, 0) is 16.1 Å². The summed E-state index contributed by atoms with van der Waals surface area (Å²) in [5, 5.41) is 2.93. The third-order valence-electron chi connectivity index (χ3n) is 3.34. The molecule has 0 radical (unpaired) electrons. The largest absolute Gasteiger partial charge is 0.497 e. The van der Waals surface area contributed by atoms with Crippen LogP contribution in [0, 0.1) is 0 Å². The minimum Gasteiger partial charge on any atom is -0.497 e. The van der Waals surface area contributed by atoms with Crippen LogP contribution in [0.1, 0.15) is 19.4 Å². The molecule has 5 nitrogen and oxygen atoms in total. The molecule has 20 heavy (non-hydrogen) atoms. The molecule has 0 spiro atoms. The highest BCUT2D eigenvalue weighted by Gasteiger charge is 2.39. The van der Waals surface area contributed by atoms with E-state index in [9.17, 15) is 9.59 Å². The lowest BCUT2D eigenvalue weighted by atomic mass is 10.00. The molecular formula is C14H17BrN2O3. The SMILES string of the molecule is COc1ccc(Br)c(CN2C(=O)CNC(C)(C)C2=O)c1. The Morgan fingerprint density at radius 3 is 2.75 bits per heavy atom. The summed E-state index contributed by atoms with van der Waals surface area (Å²) in [6.45, 7) is 3.95. The average molecular weight is 341 g/mol. The first-order valence-electron chi connectivity index (χ1n) is 6.27. The number of amides is 2. The van der Waals surface area contributed by atoms with E-state index in [0.29, 0.717) is 5.75 Å². The van der Waals surface area contributed by atoms with Gasteiger partial charge in [-0.15, -0.1) is 0 Å². The van der Waals surface area contributed by atoms with Crippen LogP contribution < -0.4 is 10.1 Å². The summed E-state index contributed by atoms with van der Waals surface area (Å²) in [5.74, 6) is 0.255. The normalized spacial score (nSPS) is 18.3. The van der Waals surface area contributed by atoms with Crippen LogP contribution in [0.2, 0.25) is 0 Å². The molecule has 108 valence electrons. The van der Waals surface area contributed by atoms with Gasteiger partial charge in [-0.05, 0) is 37.6 Å². The number of carbonyl (C=O) groups excluding carboxylic acids is 2. The Morgan fingerprint density at radius 2 is 2.10 bits per heavy atom. The number of benzene rings is 1. The highest BCUT2D eigenvalue weighted by atomic mass is 79.9. The zero-order valence-electron chi connectivity index (χ0n) is 11.7. The van der Waals surface area contributed by atoms with Crippen molar-refractivity contribution in [2.75, 3.05) is 13.7 Å². The monoisotopic (exact) mass is 340 g/mol. The van der Waals surface area contributed by atoms with Gasteiger partial charge in [-0.25, -0.2) is 0 Å². The van der Waals surface area contributed by atoms with E-state index in [2.05, 4.69) is 21.2 Å². The zero-order valence-corrected chi connectivity index (χ0v) is 13.3. The van der Waals surface area contributed by atoms with E-state index < -0.39 is 5.54 Å². The molecule has 1 N–H and O–H groups in total. The van der Waals surface area contributed by atoms with Gasteiger partial charge in [0, 0.05) is 4.47 Å². The molecule has 1 aliphatic rings. The molecule has 1 aromatic rings. The summed E-state index contributed by atoms with van der Waals surface area (Å²) in [7, 11) is 1.58. The Labute approximate surface area is 126 Å². The maximum absolute atomic E-state index is 12.3. The van der Waals surface area contributed by atoms with Gasteiger partial charge in [-0.3, -0.25) is 19.8 Å². The van der Waals surface area contributed by atoms with Crippen LogP contribution in [0.15, 0.2) is 22.7 Å². The van der Waals surface area contributed by atoms with E-state index in [0.717, 1.165) is 10.0 Å². The molecule has 0 aliphatic carbocycles. The first-order valence-corrected chi connectivity index (χ1v) is 7.06. The molecule has 1 aromatic carbocycles. The van der Waals surface area contributed by atoms with Crippen molar-refractivity contribution in [1.29, 1.82) is 0 Å². The van der Waals surface area contributed by atoms with Crippen LogP contribution in [-0.4, -0.2) is 35.9 Å². The molecule has 0 atom stereocenters. The fourth-order valence-electron chi connectivity index (χ4n) is 2.05. The fraction of sp³-hybridized carbons (Fsp3) is 0.429. The summed E-state index contributed by atoms with van der Waals surface area (Å²) in [4.78, 5) is 25.6. The number of ether oxygens (including phenoxy) is 1. The molecule has 1 saturated heterocycles. The number of hydrogen-bond acceptors (Lipinski definition) is 4. The number of hydrogen-bond donors (Lipinski definition) is 1. The van der Waals surface area contributed by atoms with Crippen LogP contribution in [0.3, 0.4) is 0 Å². The van der Waals surface area contributed by atoms with Crippen molar-refractivity contribution in [2.45, 2.75) is 25.9 Å². The van der Waals surface area contributed by atoms with Gasteiger partial charge in [0.25, 0.3) is 0 Å². The minimum atomic E-state index is -0.723. The molecule has 0 aromatic heterocycles. The van der Waals surface area contributed by atoms with E-state index >= 15 is 0 Å². The summed E-state index contributed by atoms with van der Waals surface area (Å²) >= 11 is 3.43. The van der Waals surface area contributed by atoms with E-state index in [4.69, 9.17) is 4.74 Å². The van der Waals surface area contributed by atoms with Crippen molar-refractivity contribution in [2.24, 2.45) is 0 Å². The van der Waals surface area contributed by atoms with Crippen LogP contribution in [0.25, 0.3) is 0 Å². The maximum atomic E-state index is 12.3. The summed E-state index contributed by atoms with van der Waals surface area (Å²) < 4.78 is 6.01. The summed E-state index contributed by atoms with van der Waals surface area (Å²) in [6, 6.07) is 5.48. The summed E-state index contributed by atoms with van der Waals surface area (Å²) in [6.07, 6.45) is 0. The lowest BCUT2D eigenvalue weighted by Crippen LogP contribution is -2.63. The molecule has 0 unspecified atom stereocenters. The number of halogens is 1. The predicted molar refractivity (Wildman–Crippen MR) is 78.3 cm³/mol. The van der Waals surface area contributed by atoms with E-state index in [1.165, 1.54) is 4.90 Å². The second-order valence-corrected chi connectivity index (χ2v) is 6.08. The maximum Gasteiger partial charge on any atom is 0.249 e. The number of piperazine rings is 1. The number of nitrogens with one attached hydrogen (secondary N) is 1. The smallest absolute Gasteiger partial charge is 0.249 e. The molecule has 2 rings (SSSR count). The molecule has 0 bridgehead atoms. The highest BCUT2D eigenvalue weighted by Crippen LogP contribution is 2.25. The first-order chi connectivity index (χ1) is 9.35. The number of imide groups is 1. The number of nitrogens with zero attached hydrogens (tertiary/aromatic N) is 1. The van der Waals surface area contributed by atoms with E-state index in [1.807, 2.05) is 18.2 Å². The van der Waals surface area contributed by atoms with Gasteiger partial charge in [-0.1, -0.05) is 15.9 Å². The van der Waals surface area contributed by atoms with Crippen LogP contribution in [0.4, 0.5) is 0 Å². The van der Waals surface area contributed by atoms with Crippen molar-refractivity contribution in [3.05, 3.63) is 28.2 Å². The van der Waals surface area contributed by atoms with Gasteiger partial charge < -0.3 is 4.74 Å². The minimum absolute atomic E-state index is 0.167. The van der Waals surface area contributed by atoms with Crippen molar-refractivity contribution in [3.8, 4) is 5.75 Å². The second-order valence-electron chi connectivity index (χ2n) is 5.22. The van der Waals surface area contributed by atoms with Gasteiger partial charge in [0.1, 0.15) is 5.75 Å². The van der Waals surface area contributed by atoms with E-state index in [-0.39, 0.29) is 24.9 Å². The number of carbonyl (C=O) groups is 2. The third kappa shape index (κ3) is 2.86. The predicted octanol–water partition coefficient (Wildman–Crippen LogP) is 1.69. The molecule has 1 heterocycles. The van der Waals surface area contributed by atoms with Gasteiger partial charge in [0.2, 0.25) is 11.8 Å². The van der Waals surface area contributed by atoms with Gasteiger partial charge in [0.15, 0.2) is 0 Å². The van der Waals surface area contributed by atoms with Crippen LogP contribution >= 0.6 is 15.9 Å². The summed E-state index contributed by atoms with van der Waals surface area (Å²) in [5.41, 5.74) is 0.114. The number of methoxy groups -OCH3 is 1. The molecular weight excluding hydrogens is 324 g/mol. The lowest BCUT2D eigenvalue weighted by molar-refractivity contribution is -0.153. The fourth-order valence-corrected chi connectivity index (χ4v) is 2.42. The molecule has 2 amide bonds. The van der Waals surface area contributed by atoms with Gasteiger partial charge >= 0.3 is 0 Å². The number of rotatable bonds is 3. The third-order valence-corrected chi connectivity index (χ3v) is 4.12. The quantitative estimate of drug-likeness (QED) is 0.851.